The van der Waals surface area contributed by atoms with Crippen LogP contribution in [0, 0.1) is 40.4 Å². The van der Waals surface area contributed by atoms with Crippen molar-refractivity contribution in [3.8, 4) is 0 Å². The minimum atomic E-state index is -4.77. The molecule has 0 aromatic rings. The topological polar surface area (TPSA) is 67.9 Å². The molecule has 4 unspecified atom stereocenters. The Bertz CT molecular complexity index is 1420. The molecule has 6 heterocycles. The molecule has 0 aromatic carbocycles. The van der Waals surface area contributed by atoms with E-state index in [1.165, 1.54) is 0 Å². The molecule has 2 aliphatic carbocycles. The van der Waals surface area contributed by atoms with Crippen molar-refractivity contribution < 1.29 is 59.8 Å². The van der Waals surface area contributed by atoms with Gasteiger partial charge in [0, 0.05) is 47.7 Å². The third kappa shape index (κ3) is 5.95. The number of likely N-dealkylation sites (N-methyl/N-ethyl adjacent to an activating group) is 1. The maximum atomic E-state index is 14.7. The largest absolute Gasteiger partial charge is 0.459 e. The van der Waals surface area contributed by atoms with Crippen molar-refractivity contribution >= 4 is 0 Å². The molecule has 14 heteroatoms. The number of allylic oxidation sites excluding steroid dienone is 2. The summed E-state index contributed by atoms with van der Waals surface area (Å²) in [4.78, 5) is 13.5. The third-order valence-corrected chi connectivity index (χ3v) is 14.1. The Morgan fingerprint density at radius 2 is 1.47 bits per heavy atom. The molecule has 6 fully saturated rings. The lowest BCUT2D eigenvalue weighted by atomic mass is 9.46. The number of alkyl halides is 6. The van der Waals surface area contributed by atoms with E-state index >= 15 is 0 Å². The van der Waals surface area contributed by atoms with Crippen molar-refractivity contribution in [1.29, 1.82) is 0 Å². The lowest BCUT2D eigenvalue weighted by Gasteiger charge is -2.61. The summed E-state index contributed by atoms with van der Waals surface area (Å²) < 4.78 is 118. The first-order valence-electron chi connectivity index (χ1n) is 18.7. The summed E-state index contributed by atoms with van der Waals surface area (Å²) in [5.74, 6) is -3.57. The molecule has 2 bridgehead atoms. The van der Waals surface area contributed by atoms with Crippen molar-refractivity contribution in [2.45, 2.75) is 135 Å². The molecule has 0 N–H and O–H groups in total. The molecule has 12 atom stereocenters. The second-order valence-corrected chi connectivity index (χ2v) is 17.1. The molecular weight excluding hydrogens is 684 g/mol. The molecule has 0 aromatic heterocycles. The fraction of sp³-hybridized carbons (Fsp3) is 0.892. The zero-order valence-electron chi connectivity index (χ0n) is 30.7. The van der Waals surface area contributed by atoms with Crippen LogP contribution >= 0.6 is 0 Å². The highest BCUT2D eigenvalue weighted by Crippen LogP contribution is 2.67. The third-order valence-electron chi connectivity index (χ3n) is 14.1. The molecule has 0 amide bonds. The summed E-state index contributed by atoms with van der Waals surface area (Å²) in [6.07, 6.45) is -6.92. The van der Waals surface area contributed by atoms with E-state index in [-0.39, 0.29) is 61.3 Å². The van der Waals surface area contributed by atoms with E-state index in [0.29, 0.717) is 38.0 Å². The van der Waals surface area contributed by atoms with E-state index in [1.807, 2.05) is 20.8 Å². The first kappa shape index (κ1) is 37.7. The molecule has 0 radical (unpaired) electrons. The van der Waals surface area contributed by atoms with Gasteiger partial charge < -0.3 is 23.7 Å². The van der Waals surface area contributed by atoms with Gasteiger partial charge in [-0.25, -0.2) is 9.78 Å². The van der Waals surface area contributed by atoms with Crippen LogP contribution in [0.3, 0.4) is 0 Å². The van der Waals surface area contributed by atoms with E-state index in [2.05, 4.69) is 13.8 Å². The predicted molar refractivity (Wildman–Crippen MR) is 171 cm³/mol. The molecule has 8 aliphatic rings. The number of fused-ring (bicyclic) bond motifs is 2. The summed E-state index contributed by atoms with van der Waals surface area (Å²) in [6.45, 7) is 11.4. The molecule has 8 rings (SSSR count). The van der Waals surface area contributed by atoms with Crippen molar-refractivity contribution in [3.63, 3.8) is 0 Å². The average molecular weight is 738 g/mol. The van der Waals surface area contributed by atoms with Crippen LogP contribution in [0.2, 0.25) is 0 Å². The van der Waals surface area contributed by atoms with Gasteiger partial charge in [0.2, 0.25) is 29.9 Å². The minimum absolute atomic E-state index is 0.0105. The van der Waals surface area contributed by atoms with Gasteiger partial charge in [-0.1, -0.05) is 27.7 Å². The number of hydrogen-bond donors (Lipinski definition) is 0. The van der Waals surface area contributed by atoms with Crippen LogP contribution in [0.15, 0.2) is 22.7 Å². The summed E-state index contributed by atoms with van der Waals surface area (Å²) in [7, 11) is 1.67. The maximum Gasteiger partial charge on any atom is 0.449 e. The Hall–Kier alpha value is -1.58. The normalized spacial score (nSPS) is 45.5. The zero-order valence-corrected chi connectivity index (χ0v) is 30.7. The number of ether oxygens (including phenoxy) is 5. The fourth-order valence-corrected chi connectivity index (χ4v) is 11.0. The highest BCUT2D eigenvalue weighted by atomic mass is 19.4. The number of rotatable bonds is 7. The standard InChI is InChI=1S/C37H53F6NO7/c1-20-8-10-26-23(28(36(38,39)40)47-31-35(26)25(20)13-15-33(5,49-31)50-51-35)18-44(7)16-17-45-19-27-29(37(41,42)43)48-30-34(6)24(11-9-22(3)46-30)21(2)12-14-32(27,34)4/h20-22,24-26,30-31H,8-19H2,1-7H3/t20-,21-,22+,24?,25?,26+,30+,31-,32+,33?,34?,35-/m1/s1. The van der Waals surface area contributed by atoms with Gasteiger partial charge in [0.1, 0.15) is 0 Å². The second kappa shape index (κ2) is 12.7. The van der Waals surface area contributed by atoms with E-state index in [1.54, 1.807) is 18.9 Å². The number of halogens is 6. The maximum absolute atomic E-state index is 14.7. The van der Waals surface area contributed by atoms with E-state index in [9.17, 15) is 26.3 Å². The summed E-state index contributed by atoms with van der Waals surface area (Å²) >= 11 is 0. The lowest BCUT2D eigenvalue weighted by Crippen LogP contribution is -2.67. The van der Waals surface area contributed by atoms with Crippen LogP contribution in [0.25, 0.3) is 0 Å². The van der Waals surface area contributed by atoms with Gasteiger partial charge in [0.25, 0.3) is 0 Å². The number of hydrogen-bond acceptors (Lipinski definition) is 8. The summed E-state index contributed by atoms with van der Waals surface area (Å²) in [5.41, 5.74) is -2.69. The van der Waals surface area contributed by atoms with Gasteiger partial charge in [0.05, 0.1) is 19.3 Å². The number of nitrogens with zero attached hydrogens (tertiary/aromatic N) is 1. The fourth-order valence-electron chi connectivity index (χ4n) is 11.0. The van der Waals surface area contributed by atoms with Gasteiger partial charge in [-0.2, -0.15) is 26.3 Å². The minimum Gasteiger partial charge on any atom is -0.459 e. The van der Waals surface area contributed by atoms with E-state index in [0.717, 1.165) is 19.3 Å². The first-order valence-corrected chi connectivity index (χ1v) is 18.7. The summed E-state index contributed by atoms with van der Waals surface area (Å²) in [5, 5.41) is 0. The Morgan fingerprint density at radius 1 is 0.784 bits per heavy atom. The average Bonchev–Trinajstić information content (AvgIpc) is 3.34. The van der Waals surface area contributed by atoms with Crippen LogP contribution in [-0.4, -0.2) is 80.7 Å². The molecular formula is C37H53F6NO7. The predicted octanol–water partition coefficient (Wildman–Crippen LogP) is 8.43. The van der Waals surface area contributed by atoms with Crippen molar-refractivity contribution in [1.82, 2.24) is 4.90 Å². The second-order valence-electron chi connectivity index (χ2n) is 17.1. The molecule has 2 saturated carbocycles. The van der Waals surface area contributed by atoms with Crippen LogP contribution in [0.1, 0.15) is 92.9 Å². The monoisotopic (exact) mass is 737 g/mol. The van der Waals surface area contributed by atoms with Crippen LogP contribution in [0.5, 0.6) is 0 Å². The molecule has 290 valence electrons. The Morgan fingerprint density at radius 3 is 2.18 bits per heavy atom. The van der Waals surface area contributed by atoms with Gasteiger partial charge >= 0.3 is 12.4 Å². The lowest BCUT2D eigenvalue weighted by molar-refractivity contribution is -0.557. The highest BCUT2D eigenvalue weighted by molar-refractivity contribution is 5.32. The van der Waals surface area contributed by atoms with Crippen molar-refractivity contribution in [2.75, 3.05) is 33.4 Å². The van der Waals surface area contributed by atoms with Gasteiger partial charge in [-0.3, -0.25) is 4.90 Å². The van der Waals surface area contributed by atoms with Crippen LogP contribution < -0.4 is 0 Å². The summed E-state index contributed by atoms with van der Waals surface area (Å²) in [6, 6.07) is 0. The van der Waals surface area contributed by atoms with Crippen molar-refractivity contribution in [2.24, 2.45) is 40.4 Å². The van der Waals surface area contributed by atoms with Gasteiger partial charge in [-0.15, -0.1) is 0 Å². The van der Waals surface area contributed by atoms with E-state index < -0.39 is 64.6 Å². The Kier molecular flexibility index (Phi) is 9.43. The first-order chi connectivity index (χ1) is 23.7. The Labute approximate surface area is 296 Å². The molecule has 1 spiro atoms. The van der Waals surface area contributed by atoms with Crippen molar-refractivity contribution in [3.05, 3.63) is 22.7 Å². The van der Waals surface area contributed by atoms with Crippen LogP contribution in [-0.2, 0) is 33.5 Å². The molecule has 51 heavy (non-hydrogen) atoms. The quantitative estimate of drug-likeness (QED) is 0.147. The van der Waals surface area contributed by atoms with Gasteiger partial charge in [-0.05, 0) is 89.2 Å². The SMILES string of the molecule is C[C@@H]1CC[C@@]2(C)C(COCCN(C)CC3=C(C(F)(F)F)O[C@@H]4OC5(C)CCC6[C@H](C)CC[C@@H]3[C@]64OO5)=C(C(F)(F)F)O[C@@H]3O[C@@H](C)CCC1C32C. The Balaban J connectivity index is 1.11. The van der Waals surface area contributed by atoms with Gasteiger partial charge in [0.15, 0.2) is 5.60 Å². The zero-order chi connectivity index (χ0) is 36.9. The highest BCUT2D eigenvalue weighted by Gasteiger charge is 2.70. The van der Waals surface area contributed by atoms with E-state index in [4.69, 9.17) is 33.5 Å². The molecule has 4 saturated heterocycles. The molecule has 6 aliphatic heterocycles. The van der Waals surface area contributed by atoms with Crippen LogP contribution in [0.4, 0.5) is 26.3 Å². The smallest absolute Gasteiger partial charge is 0.449 e. The molecule has 8 nitrogen and oxygen atoms in total.